The van der Waals surface area contributed by atoms with Crippen LogP contribution in [-0.4, -0.2) is 9.78 Å². The Kier molecular flexibility index (Phi) is 1.87. The van der Waals surface area contributed by atoms with Crippen molar-refractivity contribution in [2.45, 2.75) is 26.3 Å². The van der Waals surface area contributed by atoms with Crippen molar-refractivity contribution in [1.82, 2.24) is 9.78 Å². The molecule has 0 saturated heterocycles. The van der Waals surface area contributed by atoms with E-state index in [1.54, 1.807) is 6.20 Å². The monoisotopic (exact) mass is 154 g/mol. The number of nitrogen functional groups attached to an aromatic ring is 1. The highest BCUT2D eigenvalue weighted by Crippen LogP contribution is 2.14. The molecule has 1 aromatic heterocycles. The molecule has 0 aliphatic rings. The van der Waals surface area contributed by atoms with Crippen LogP contribution in [0.3, 0.4) is 0 Å². The molecular formula is C7H14N4. The predicted molar refractivity (Wildman–Crippen MR) is 45.0 cm³/mol. The van der Waals surface area contributed by atoms with Crippen molar-refractivity contribution in [3.63, 3.8) is 0 Å². The lowest BCUT2D eigenvalue weighted by Gasteiger charge is -2.18. The molecule has 1 aromatic rings. The average Bonchev–Trinajstić information content (AvgIpc) is 2.32. The van der Waals surface area contributed by atoms with Gasteiger partial charge in [0, 0.05) is 6.20 Å². The van der Waals surface area contributed by atoms with Crippen LogP contribution in [0.4, 0.5) is 5.69 Å². The van der Waals surface area contributed by atoms with Crippen LogP contribution in [0.5, 0.6) is 0 Å². The second-order valence-electron chi connectivity index (χ2n) is 3.49. The molecule has 4 heteroatoms. The third kappa shape index (κ3) is 1.71. The lowest BCUT2D eigenvalue weighted by atomic mass is 10.1. The zero-order valence-electron chi connectivity index (χ0n) is 7.13. The molecule has 11 heavy (non-hydrogen) atoms. The Morgan fingerprint density at radius 3 is 2.45 bits per heavy atom. The molecule has 0 saturated carbocycles. The first-order valence-corrected chi connectivity index (χ1v) is 3.56. The van der Waals surface area contributed by atoms with Crippen molar-refractivity contribution in [3.8, 4) is 0 Å². The molecule has 0 aliphatic heterocycles. The predicted octanol–water partition coefficient (Wildman–Crippen LogP) is 0.924. The van der Waals surface area contributed by atoms with Gasteiger partial charge in [0.25, 0.3) is 0 Å². The van der Waals surface area contributed by atoms with E-state index in [4.69, 9.17) is 5.84 Å². The lowest BCUT2D eigenvalue weighted by Crippen LogP contribution is -2.22. The molecule has 4 nitrogen and oxygen atoms in total. The highest BCUT2D eigenvalue weighted by atomic mass is 15.3. The van der Waals surface area contributed by atoms with Crippen LogP contribution in [0.2, 0.25) is 0 Å². The topological polar surface area (TPSA) is 55.9 Å². The highest BCUT2D eigenvalue weighted by molar-refractivity contribution is 5.36. The zero-order chi connectivity index (χ0) is 8.48. The Hall–Kier alpha value is -1.03. The van der Waals surface area contributed by atoms with Gasteiger partial charge in [-0.3, -0.25) is 10.5 Å². The van der Waals surface area contributed by atoms with Crippen molar-refractivity contribution in [2.75, 3.05) is 5.43 Å². The molecule has 0 aliphatic carbocycles. The molecule has 1 heterocycles. The van der Waals surface area contributed by atoms with Crippen LogP contribution in [-0.2, 0) is 5.54 Å². The van der Waals surface area contributed by atoms with Crippen molar-refractivity contribution >= 4 is 5.69 Å². The minimum Gasteiger partial charge on any atom is -0.321 e. The number of hydrogen-bond donors (Lipinski definition) is 2. The lowest BCUT2D eigenvalue weighted by molar-refractivity contribution is 0.355. The Bertz CT molecular complexity index is 233. The quantitative estimate of drug-likeness (QED) is 0.467. The van der Waals surface area contributed by atoms with E-state index in [-0.39, 0.29) is 5.54 Å². The fraction of sp³-hybridized carbons (Fsp3) is 0.571. The number of hydrazine groups is 1. The minimum atomic E-state index is 0.0229. The average molecular weight is 154 g/mol. The zero-order valence-corrected chi connectivity index (χ0v) is 7.13. The third-order valence-corrected chi connectivity index (χ3v) is 1.44. The van der Waals surface area contributed by atoms with E-state index < -0.39 is 0 Å². The van der Waals surface area contributed by atoms with E-state index >= 15 is 0 Å². The van der Waals surface area contributed by atoms with E-state index in [9.17, 15) is 0 Å². The Morgan fingerprint density at radius 1 is 1.55 bits per heavy atom. The van der Waals surface area contributed by atoms with Gasteiger partial charge in [-0.2, -0.15) is 5.10 Å². The van der Waals surface area contributed by atoms with Crippen LogP contribution >= 0.6 is 0 Å². The largest absolute Gasteiger partial charge is 0.321 e. The SMILES string of the molecule is CC(C)(C)n1cc(NN)cn1. The van der Waals surface area contributed by atoms with E-state index in [0.29, 0.717) is 0 Å². The number of nitrogens with two attached hydrogens (primary N) is 1. The first-order chi connectivity index (χ1) is 5.04. The van der Waals surface area contributed by atoms with Gasteiger partial charge < -0.3 is 5.43 Å². The summed E-state index contributed by atoms with van der Waals surface area (Å²) in [4.78, 5) is 0. The third-order valence-electron chi connectivity index (χ3n) is 1.44. The van der Waals surface area contributed by atoms with Gasteiger partial charge in [0.2, 0.25) is 0 Å². The summed E-state index contributed by atoms with van der Waals surface area (Å²) in [6.45, 7) is 6.25. The summed E-state index contributed by atoms with van der Waals surface area (Å²) in [5.74, 6) is 5.20. The molecule has 0 fully saturated rings. The number of aromatic nitrogens is 2. The summed E-state index contributed by atoms with van der Waals surface area (Å²) < 4.78 is 1.86. The normalized spacial score (nSPS) is 11.6. The minimum absolute atomic E-state index is 0.0229. The van der Waals surface area contributed by atoms with Crippen LogP contribution in [0.1, 0.15) is 20.8 Å². The Morgan fingerprint density at radius 2 is 2.18 bits per heavy atom. The van der Waals surface area contributed by atoms with Crippen molar-refractivity contribution in [2.24, 2.45) is 5.84 Å². The summed E-state index contributed by atoms with van der Waals surface area (Å²) >= 11 is 0. The molecule has 0 radical (unpaired) electrons. The van der Waals surface area contributed by atoms with Gasteiger partial charge in [0.1, 0.15) is 0 Å². The molecule has 0 unspecified atom stereocenters. The van der Waals surface area contributed by atoms with Gasteiger partial charge in [-0.05, 0) is 20.8 Å². The first-order valence-electron chi connectivity index (χ1n) is 3.56. The highest BCUT2D eigenvalue weighted by Gasteiger charge is 2.13. The van der Waals surface area contributed by atoms with E-state index in [1.807, 2.05) is 10.9 Å². The van der Waals surface area contributed by atoms with Gasteiger partial charge in [-0.1, -0.05) is 0 Å². The molecule has 3 N–H and O–H groups in total. The van der Waals surface area contributed by atoms with Gasteiger partial charge in [0.05, 0.1) is 17.4 Å². The summed E-state index contributed by atoms with van der Waals surface area (Å²) in [5.41, 5.74) is 3.39. The molecule has 0 spiro atoms. The van der Waals surface area contributed by atoms with Crippen molar-refractivity contribution < 1.29 is 0 Å². The fourth-order valence-corrected chi connectivity index (χ4v) is 0.764. The first kappa shape index (κ1) is 8.07. The maximum atomic E-state index is 5.20. The van der Waals surface area contributed by atoms with Crippen LogP contribution in [0.15, 0.2) is 12.4 Å². The number of rotatable bonds is 1. The maximum absolute atomic E-state index is 5.20. The molecular weight excluding hydrogens is 140 g/mol. The van der Waals surface area contributed by atoms with Crippen molar-refractivity contribution in [1.29, 1.82) is 0 Å². The molecule has 0 aromatic carbocycles. The Labute approximate surface area is 66.4 Å². The summed E-state index contributed by atoms with van der Waals surface area (Å²) in [5, 5.41) is 4.13. The standard InChI is InChI=1S/C7H14N4/c1-7(2,3)11-5-6(10-8)4-9-11/h4-5,10H,8H2,1-3H3. The molecule has 62 valence electrons. The smallest absolute Gasteiger partial charge is 0.0868 e. The second-order valence-corrected chi connectivity index (χ2v) is 3.49. The molecule has 0 amide bonds. The van der Waals surface area contributed by atoms with E-state index in [2.05, 4.69) is 31.3 Å². The van der Waals surface area contributed by atoms with Crippen LogP contribution < -0.4 is 11.3 Å². The van der Waals surface area contributed by atoms with Gasteiger partial charge in [-0.25, -0.2) is 0 Å². The second kappa shape index (κ2) is 2.54. The van der Waals surface area contributed by atoms with E-state index in [1.165, 1.54) is 0 Å². The van der Waals surface area contributed by atoms with E-state index in [0.717, 1.165) is 5.69 Å². The number of anilines is 1. The number of hydrogen-bond acceptors (Lipinski definition) is 3. The fourth-order valence-electron chi connectivity index (χ4n) is 0.764. The summed E-state index contributed by atoms with van der Waals surface area (Å²) in [6, 6.07) is 0. The van der Waals surface area contributed by atoms with Gasteiger partial charge in [0.15, 0.2) is 0 Å². The maximum Gasteiger partial charge on any atom is 0.0868 e. The summed E-state index contributed by atoms with van der Waals surface area (Å²) in [7, 11) is 0. The van der Waals surface area contributed by atoms with Crippen molar-refractivity contribution in [3.05, 3.63) is 12.4 Å². The number of nitrogens with one attached hydrogen (secondary N) is 1. The van der Waals surface area contributed by atoms with Gasteiger partial charge in [-0.15, -0.1) is 0 Å². The Balaban J connectivity index is 2.89. The van der Waals surface area contributed by atoms with Crippen LogP contribution in [0.25, 0.3) is 0 Å². The molecule has 1 rings (SSSR count). The van der Waals surface area contributed by atoms with Gasteiger partial charge >= 0.3 is 0 Å². The molecule has 0 atom stereocenters. The van der Waals surface area contributed by atoms with Crippen LogP contribution in [0, 0.1) is 0 Å². The summed E-state index contributed by atoms with van der Waals surface area (Å²) in [6.07, 6.45) is 3.57. The number of nitrogens with zero attached hydrogens (tertiary/aromatic N) is 2. The molecule has 0 bridgehead atoms.